The molecule has 2 aromatic heterocycles. The number of aryl methyl sites for hydroxylation is 1. The van der Waals surface area contributed by atoms with E-state index in [4.69, 9.17) is 9.37 Å². The number of pyridine rings is 1. The van der Waals surface area contributed by atoms with Gasteiger partial charge in [-0.2, -0.15) is 0 Å². The number of ether oxygens (including phenoxy) is 1. The number of hydrogen-bond donors (Lipinski definition) is 1. The molecule has 0 spiro atoms. The van der Waals surface area contributed by atoms with Crippen molar-refractivity contribution in [2.75, 3.05) is 11.8 Å². The van der Waals surface area contributed by atoms with E-state index < -0.39 is 10.0 Å². The van der Waals surface area contributed by atoms with E-state index in [1.165, 1.54) is 24.9 Å². The van der Waals surface area contributed by atoms with Crippen molar-refractivity contribution in [2.24, 2.45) is 0 Å². The summed E-state index contributed by atoms with van der Waals surface area (Å²) in [5, 5.41) is 8.87. The summed E-state index contributed by atoms with van der Waals surface area (Å²) in [6.07, 6.45) is 1.74. The Bertz CT molecular complexity index is 1590. The summed E-state index contributed by atoms with van der Waals surface area (Å²) < 4.78 is 39.3. The Balaban J connectivity index is 1.55. The molecule has 0 radical (unpaired) electrons. The zero-order chi connectivity index (χ0) is 23.0. The third-order valence-electron chi connectivity index (χ3n) is 5.05. The first-order chi connectivity index (χ1) is 16.0. The van der Waals surface area contributed by atoms with Crippen molar-refractivity contribution in [1.82, 2.24) is 15.3 Å². The van der Waals surface area contributed by atoms with E-state index in [9.17, 15) is 8.42 Å². The van der Waals surface area contributed by atoms with Gasteiger partial charge in [0.1, 0.15) is 10.6 Å². The molecule has 8 nitrogen and oxygen atoms in total. The Morgan fingerprint density at radius 2 is 1.73 bits per heavy atom. The van der Waals surface area contributed by atoms with E-state index in [1.807, 2.05) is 43.3 Å². The molecule has 5 aromatic rings. The number of fused-ring (bicyclic) bond motifs is 2. The minimum atomic E-state index is -4.00. The number of hydrogen-bond acceptors (Lipinski definition) is 8. The van der Waals surface area contributed by atoms with Gasteiger partial charge in [0.05, 0.1) is 18.3 Å². The number of sulfonamides is 1. The van der Waals surface area contributed by atoms with Gasteiger partial charge in [-0.15, -0.1) is 0 Å². The smallest absolute Gasteiger partial charge is 0.264 e. The van der Waals surface area contributed by atoms with Gasteiger partial charge in [-0.1, -0.05) is 36.0 Å². The second-order valence-electron chi connectivity index (χ2n) is 7.27. The Kier molecular flexibility index (Phi) is 5.39. The molecule has 0 aliphatic carbocycles. The summed E-state index contributed by atoms with van der Waals surface area (Å²) >= 11 is 1.42. The molecule has 5 rings (SSSR count). The van der Waals surface area contributed by atoms with Gasteiger partial charge in [-0.05, 0) is 59.2 Å². The molecule has 0 amide bonds. The molecule has 33 heavy (non-hydrogen) atoms. The van der Waals surface area contributed by atoms with Crippen LogP contribution < -0.4 is 9.46 Å². The van der Waals surface area contributed by atoms with Gasteiger partial charge in [-0.3, -0.25) is 9.71 Å². The van der Waals surface area contributed by atoms with Crippen molar-refractivity contribution in [3.8, 4) is 5.75 Å². The molecule has 10 heteroatoms. The minimum Gasteiger partial charge on any atom is -0.495 e. The third kappa shape index (κ3) is 3.98. The van der Waals surface area contributed by atoms with Crippen molar-refractivity contribution in [3.63, 3.8) is 0 Å². The van der Waals surface area contributed by atoms with Gasteiger partial charge in [-0.25, -0.2) is 13.0 Å². The summed E-state index contributed by atoms with van der Waals surface area (Å²) in [7, 11) is -2.52. The van der Waals surface area contributed by atoms with Crippen molar-refractivity contribution < 1.29 is 17.8 Å². The lowest BCUT2D eigenvalue weighted by Gasteiger charge is -2.13. The molecular weight excluding hydrogens is 460 g/mol. The molecule has 0 saturated heterocycles. The maximum atomic E-state index is 13.2. The van der Waals surface area contributed by atoms with Gasteiger partial charge < -0.3 is 4.74 Å². The maximum absolute atomic E-state index is 13.2. The molecule has 0 fully saturated rings. The third-order valence-corrected chi connectivity index (χ3v) is 7.54. The first kappa shape index (κ1) is 21.2. The molecule has 3 aromatic carbocycles. The molecule has 0 atom stereocenters. The van der Waals surface area contributed by atoms with Crippen LogP contribution in [0.1, 0.15) is 5.56 Å². The minimum absolute atomic E-state index is 0.0392. The Labute approximate surface area is 194 Å². The Morgan fingerprint density at radius 3 is 2.58 bits per heavy atom. The normalized spacial score (nSPS) is 11.7. The lowest BCUT2D eigenvalue weighted by molar-refractivity contribution is 0.314. The molecular formula is C23H18N4O4S2. The van der Waals surface area contributed by atoms with E-state index in [0.29, 0.717) is 21.8 Å². The highest BCUT2D eigenvalue weighted by Gasteiger charge is 2.24. The topological polar surface area (TPSA) is 107 Å². The van der Waals surface area contributed by atoms with Crippen molar-refractivity contribution in [3.05, 3.63) is 72.4 Å². The van der Waals surface area contributed by atoms with Crippen LogP contribution in [0.25, 0.3) is 21.9 Å². The number of nitrogens with one attached hydrogen (secondary N) is 1. The second kappa shape index (κ2) is 8.38. The van der Waals surface area contributed by atoms with Gasteiger partial charge in [0, 0.05) is 21.4 Å². The van der Waals surface area contributed by atoms with Crippen LogP contribution in [0.3, 0.4) is 0 Å². The highest BCUT2D eigenvalue weighted by atomic mass is 32.2. The van der Waals surface area contributed by atoms with Crippen LogP contribution in [-0.4, -0.2) is 30.8 Å². The molecule has 166 valence electrons. The van der Waals surface area contributed by atoms with Gasteiger partial charge >= 0.3 is 0 Å². The number of anilines is 1. The highest BCUT2D eigenvalue weighted by Crippen LogP contribution is 2.38. The van der Waals surface area contributed by atoms with Crippen molar-refractivity contribution >= 4 is 49.4 Å². The zero-order valence-electron chi connectivity index (χ0n) is 17.6. The highest BCUT2D eigenvalue weighted by molar-refractivity contribution is 7.99. The Morgan fingerprint density at radius 1 is 0.939 bits per heavy atom. The number of nitrogens with zero attached hydrogens (tertiary/aromatic N) is 3. The Hall–Kier alpha value is -3.63. The van der Waals surface area contributed by atoms with Crippen LogP contribution in [-0.2, 0) is 10.0 Å². The van der Waals surface area contributed by atoms with E-state index in [-0.39, 0.29) is 10.4 Å². The molecule has 0 aliphatic heterocycles. The van der Waals surface area contributed by atoms with E-state index in [2.05, 4.69) is 20.0 Å². The average molecular weight is 479 g/mol. The van der Waals surface area contributed by atoms with E-state index >= 15 is 0 Å². The first-order valence-electron chi connectivity index (χ1n) is 9.90. The summed E-state index contributed by atoms with van der Waals surface area (Å²) in [6.45, 7) is 1.87. The van der Waals surface area contributed by atoms with Gasteiger partial charge in [0.25, 0.3) is 10.0 Å². The molecule has 1 N–H and O–H groups in total. The number of benzene rings is 3. The lowest BCUT2D eigenvalue weighted by atomic mass is 10.2. The molecule has 0 aliphatic rings. The fraction of sp³-hybridized carbons (Fsp3) is 0.0870. The number of rotatable bonds is 6. The monoisotopic (exact) mass is 478 g/mol. The fourth-order valence-electron chi connectivity index (χ4n) is 3.50. The van der Waals surface area contributed by atoms with Gasteiger partial charge in [0.15, 0.2) is 11.0 Å². The summed E-state index contributed by atoms with van der Waals surface area (Å²) in [4.78, 5) is 6.05. The largest absolute Gasteiger partial charge is 0.495 e. The first-order valence-corrected chi connectivity index (χ1v) is 12.2. The molecule has 0 unspecified atom stereocenters. The summed E-state index contributed by atoms with van der Waals surface area (Å²) in [6, 6.07) is 18.2. The fourth-order valence-corrected chi connectivity index (χ4v) is 5.71. The second-order valence-corrected chi connectivity index (χ2v) is 10.0. The van der Waals surface area contributed by atoms with Crippen LogP contribution >= 0.6 is 11.8 Å². The van der Waals surface area contributed by atoms with Crippen LogP contribution in [0.4, 0.5) is 5.69 Å². The predicted molar refractivity (Wildman–Crippen MR) is 126 cm³/mol. The summed E-state index contributed by atoms with van der Waals surface area (Å²) in [5.41, 5.74) is 2.57. The van der Waals surface area contributed by atoms with Crippen LogP contribution in [0, 0.1) is 6.92 Å². The number of para-hydroxylation sites is 1. The van der Waals surface area contributed by atoms with Crippen molar-refractivity contribution in [1.29, 1.82) is 0 Å². The summed E-state index contributed by atoms with van der Waals surface area (Å²) in [5.74, 6) is 0.411. The van der Waals surface area contributed by atoms with E-state index in [0.717, 1.165) is 21.4 Å². The molecule has 0 bridgehead atoms. The average Bonchev–Trinajstić information content (AvgIpc) is 3.29. The van der Waals surface area contributed by atoms with E-state index in [1.54, 1.807) is 24.4 Å². The lowest BCUT2D eigenvalue weighted by Crippen LogP contribution is -2.14. The van der Waals surface area contributed by atoms with Crippen LogP contribution in [0.2, 0.25) is 0 Å². The number of aromatic nitrogens is 3. The standard InChI is InChI=1S/C23H18N4O4S2/c1-14-8-9-17(30-2)16(13-14)27-33(28,29)20-11-10-19(22-23(20)26-31-25-22)32-18-7-3-5-15-6-4-12-24-21(15)18/h3-13,27H,1-2H3. The van der Waals surface area contributed by atoms with Gasteiger partial charge in [0.2, 0.25) is 0 Å². The van der Waals surface area contributed by atoms with Crippen LogP contribution in [0.5, 0.6) is 5.75 Å². The maximum Gasteiger partial charge on any atom is 0.264 e. The SMILES string of the molecule is COc1ccc(C)cc1NS(=O)(=O)c1ccc(Sc2cccc3cccnc23)c2nonc12. The zero-order valence-corrected chi connectivity index (χ0v) is 19.3. The molecule has 0 saturated carbocycles. The molecule has 2 heterocycles. The van der Waals surface area contributed by atoms with Crippen molar-refractivity contribution in [2.45, 2.75) is 21.6 Å². The number of methoxy groups -OCH3 is 1. The predicted octanol–water partition coefficient (Wildman–Crippen LogP) is 5.04. The van der Waals surface area contributed by atoms with Crippen LogP contribution in [0.15, 0.2) is 86.2 Å². The quantitative estimate of drug-likeness (QED) is 0.362.